The van der Waals surface area contributed by atoms with E-state index in [2.05, 4.69) is 42.6 Å². The zero-order valence-electron chi connectivity index (χ0n) is 29.0. The molecule has 0 spiro atoms. The van der Waals surface area contributed by atoms with Crippen LogP contribution in [0.1, 0.15) is 54.9 Å². The fourth-order valence-electron chi connectivity index (χ4n) is 7.09. The van der Waals surface area contributed by atoms with E-state index in [-0.39, 0.29) is 42.8 Å². The van der Waals surface area contributed by atoms with Crippen molar-refractivity contribution >= 4 is 46.0 Å². The molecule has 15 nitrogen and oxygen atoms in total. The zero-order chi connectivity index (χ0) is 35.8. The molecule has 4 amide bonds. The molecule has 52 heavy (non-hydrogen) atoms. The molecule has 3 aliphatic heterocycles. The summed E-state index contributed by atoms with van der Waals surface area (Å²) in [6.45, 7) is 5.97. The molecule has 1 saturated carbocycles. The van der Waals surface area contributed by atoms with Crippen LogP contribution >= 0.6 is 0 Å². The molecular formula is C37H41N9O6. The molecule has 4 aliphatic rings. The maximum atomic E-state index is 13.3. The standard InChI is InChI=1S/C37H41N9O6/c1-37(10-11-37)52-24-5-6-26-25(19-24)34(43-42-26)28-20-30(40-22-39-28)44-13-15-45(16-14-44)32(48)9-17-51-18-12-38-27-4-2-3-23-21-46(36(50)33(23)27)29-7-8-31(47)41-35(29)49/h2-6,19-20,22,29,38H,7-18,21H2,1H3,(H,42,43)(H,41,47,49). The first-order valence-corrected chi connectivity index (χ1v) is 17.9. The largest absolute Gasteiger partial charge is 0.488 e. The smallest absolute Gasteiger partial charge is 0.257 e. The summed E-state index contributed by atoms with van der Waals surface area (Å²) in [7, 11) is 0. The topological polar surface area (TPSA) is 175 Å². The summed E-state index contributed by atoms with van der Waals surface area (Å²) in [6, 6.07) is 12.8. The monoisotopic (exact) mass is 707 g/mol. The number of hydrogen-bond acceptors (Lipinski definition) is 11. The number of carbonyl (C=O) groups is 4. The van der Waals surface area contributed by atoms with E-state index in [9.17, 15) is 19.2 Å². The number of aromatic amines is 1. The highest BCUT2D eigenvalue weighted by molar-refractivity contribution is 6.07. The minimum absolute atomic E-state index is 0.0390. The van der Waals surface area contributed by atoms with Gasteiger partial charge in [0.25, 0.3) is 5.91 Å². The van der Waals surface area contributed by atoms with Gasteiger partial charge in [-0.05, 0) is 56.0 Å². The van der Waals surface area contributed by atoms with E-state index in [1.807, 2.05) is 47.4 Å². The number of ether oxygens (including phenoxy) is 2. The summed E-state index contributed by atoms with van der Waals surface area (Å²) >= 11 is 0. The molecule has 5 heterocycles. The first-order chi connectivity index (χ1) is 25.2. The summed E-state index contributed by atoms with van der Waals surface area (Å²) in [5.41, 5.74) is 4.34. The van der Waals surface area contributed by atoms with Crippen LogP contribution < -0.4 is 20.3 Å². The molecule has 1 aliphatic carbocycles. The Morgan fingerprint density at radius 1 is 1.04 bits per heavy atom. The molecule has 3 N–H and O–H groups in total. The lowest BCUT2D eigenvalue weighted by atomic mass is 10.0. The lowest BCUT2D eigenvalue weighted by Gasteiger charge is -2.35. The van der Waals surface area contributed by atoms with Gasteiger partial charge in [0.1, 0.15) is 35.2 Å². The van der Waals surface area contributed by atoms with Crippen molar-refractivity contribution in [1.29, 1.82) is 0 Å². The summed E-state index contributed by atoms with van der Waals surface area (Å²) in [6.07, 6.45) is 4.48. The van der Waals surface area contributed by atoms with Crippen LogP contribution in [0.25, 0.3) is 22.3 Å². The molecule has 15 heteroatoms. The van der Waals surface area contributed by atoms with Gasteiger partial charge in [-0.3, -0.25) is 29.6 Å². The molecule has 0 bridgehead atoms. The van der Waals surface area contributed by atoms with E-state index in [1.54, 1.807) is 6.33 Å². The van der Waals surface area contributed by atoms with Crippen molar-refractivity contribution in [3.63, 3.8) is 0 Å². The normalized spacial score (nSPS) is 19.5. The van der Waals surface area contributed by atoms with E-state index < -0.39 is 11.9 Å². The third-order valence-corrected chi connectivity index (χ3v) is 10.3. The predicted octanol–water partition coefficient (Wildman–Crippen LogP) is 2.88. The Labute approximate surface area is 300 Å². The van der Waals surface area contributed by atoms with Gasteiger partial charge >= 0.3 is 0 Å². The number of nitrogens with one attached hydrogen (secondary N) is 3. The number of anilines is 2. The van der Waals surface area contributed by atoms with E-state index in [0.29, 0.717) is 69.2 Å². The number of H-pyrrole nitrogens is 1. The summed E-state index contributed by atoms with van der Waals surface area (Å²) in [5.74, 6) is 0.677. The van der Waals surface area contributed by atoms with Crippen molar-refractivity contribution in [2.75, 3.05) is 56.2 Å². The van der Waals surface area contributed by atoms with Crippen molar-refractivity contribution in [3.05, 3.63) is 59.9 Å². The van der Waals surface area contributed by atoms with Crippen LogP contribution in [0, 0.1) is 0 Å². The number of carbonyl (C=O) groups excluding carboxylic acids is 4. The van der Waals surface area contributed by atoms with E-state index in [1.165, 1.54) is 4.90 Å². The fourth-order valence-corrected chi connectivity index (χ4v) is 7.09. The predicted molar refractivity (Wildman–Crippen MR) is 191 cm³/mol. The third-order valence-electron chi connectivity index (χ3n) is 10.3. The van der Waals surface area contributed by atoms with Gasteiger partial charge in [-0.2, -0.15) is 5.10 Å². The number of amides is 4. The van der Waals surface area contributed by atoms with Crippen molar-refractivity contribution < 1.29 is 28.7 Å². The molecule has 2 aromatic carbocycles. The first kappa shape index (κ1) is 33.6. The van der Waals surface area contributed by atoms with Crippen LogP contribution in [0.4, 0.5) is 11.5 Å². The SMILES string of the molecule is CC1(Oc2ccc3[nH]nc(-c4cc(N5CCN(C(=O)CCOCCNc6cccc7c6C(=O)N(C6CCC(=O)NC6=O)C7)CC5)ncn4)c3c2)CC1. The highest BCUT2D eigenvalue weighted by Crippen LogP contribution is 2.40. The molecule has 270 valence electrons. The molecule has 1 atom stereocenters. The number of piperidine rings is 1. The number of fused-ring (bicyclic) bond motifs is 2. The second-order valence-electron chi connectivity index (χ2n) is 14.0. The van der Waals surface area contributed by atoms with E-state index >= 15 is 0 Å². The summed E-state index contributed by atoms with van der Waals surface area (Å²) in [5, 5.41) is 14.2. The minimum Gasteiger partial charge on any atom is -0.488 e. The van der Waals surface area contributed by atoms with E-state index in [0.717, 1.165) is 46.6 Å². The number of imide groups is 1. The zero-order valence-corrected chi connectivity index (χ0v) is 29.0. The highest BCUT2D eigenvalue weighted by Gasteiger charge is 2.41. The second kappa shape index (κ2) is 13.9. The second-order valence-corrected chi connectivity index (χ2v) is 14.0. The number of rotatable bonds is 12. The molecule has 2 saturated heterocycles. The minimum atomic E-state index is -0.659. The Balaban J connectivity index is 0.783. The maximum Gasteiger partial charge on any atom is 0.257 e. The maximum absolute atomic E-state index is 13.3. The van der Waals surface area contributed by atoms with Gasteiger partial charge in [0.15, 0.2) is 0 Å². The molecule has 4 aromatic rings. The van der Waals surface area contributed by atoms with Crippen molar-refractivity contribution in [2.24, 2.45) is 0 Å². The van der Waals surface area contributed by atoms with Gasteiger partial charge in [-0.1, -0.05) is 12.1 Å². The van der Waals surface area contributed by atoms with Crippen molar-refractivity contribution in [1.82, 2.24) is 35.3 Å². The lowest BCUT2D eigenvalue weighted by Crippen LogP contribution is -2.52. The van der Waals surface area contributed by atoms with Gasteiger partial charge in [0.2, 0.25) is 17.7 Å². The Morgan fingerprint density at radius 2 is 1.88 bits per heavy atom. The van der Waals surface area contributed by atoms with Crippen LogP contribution in [-0.4, -0.2) is 111 Å². The Kier molecular flexibility index (Phi) is 8.95. The molecule has 8 rings (SSSR count). The average molecular weight is 708 g/mol. The van der Waals surface area contributed by atoms with Crippen LogP contribution in [-0.2, 0) is 25.7 Å². The van der Waals surface area contributed by atoms with Gasteiger partial charge < -0.3 is 29.5 Å². The van der Waals surface area contributed by atoms with Gasteiger partial charge in [-0.15, -0.1) is 0 Å². The number of piperazine rings is 1. The van der Waals surface area contributed by atoms with Crippen molar-refractivity contribution in [2.45, 2.75) is 57.2 Å². The number of hydrogen-bond donors (Lipinski definition) is 3. The molecule has 3 fully saturated rings. The molecule has 0 radical (unpaired) electrons. The average Bonchev–Trinajstić information content (AvgIpc) is 3.56. The lowest BCUT2D eigenvalue weighted by molar-refractivity contribution is -0.137. The van der Waals surface area contributed by atoms with Crippen LogP contribution in [0.5, 0.6) is 5.75 Å². The van der Waals surface area contributed by atoms with Crippen LogP contribution in [0.15, 0.2) is 48.8 Å². The van der Waals surface area contributed by atoms with E-state index in [4.69, 9.17) is 9.47 Å². The Hall–Kier alpha value is -5.57. The molecule has 1 unspecified atom stereocenters. The Morgan fingerprint density at radius 3 is 2.69 bits per heavy atom. The van der Waals surface area contributed by atoms with Gasteiger partial charge in [0, 0.05) is 62.8 Å². The Bertz CT molecular complexity index is 2040. The number of nitrogens with zero attached hydrogens (tertiary/aromatic N) is 6. The quantitative estimate of drug-likeness (QED) is 0.146. The summed E-state index contributed by atoms with van der Waals surface area (Å²) in [4.78, 5) is 64.8. The fraction of sp³-hybridized carbons (Fsp3) is 0.432. The van der Waals surface area contributed by atoms with Crippen LogP contribution in [0.3, 0.4) is 0 Å². The molecular weight excluding hydrogens is 666 g/mol. The highest BCUT2D eigenvalue weighted by atomic mass is 16.5. The number of benzene rings is 2. The molecule has 2 aromatic heterocycles. The number of aromatic nitrogens is 4. The van der Waals surface area contributed by atoms with Crippen molar-refractivity contribution in [3.8, 4) is 17.1 Å². The third kappa shape index (κ3) is 6.87. The van der Waals surface area contributed by atoms with Gasteiger partial charge in [-0.25, -0.2) is 9.97 Å². The summed E-state index contributed by atoms with van der Waals surface area (Å²) < 4.78 is 11.9. The van der Waals surface area contributed by atoms with Crippen LogP contribution in [0.2, 0.25) is 0 Å². The van der Waals surface area contributed by atoms with Gasteiger partial charge in [0.05, 0.1) is 36.4 Å². The first-order valence-electron chi connectivity index (χ1n) is 17.9.